The number of rotatable bonds is 1. The molecule has 0 aromatic carbocycles. The minimum absolute atomic E-state index is 0.592. The molecule has 1 aliphatic rings. The Labute approximate surface area is 77.3 Å². The molecule has 1 rings (SSSR count). The topological polar surface area (TPSA) is 52.9 Å². The zero-order valence-corrected chi connectivity index (χ0v) is 7.12. The van der Waals surface area contributed by atoms with Gasteiger partial charge < -0.3 is 10.0 Å². The molecular weight excluding hydrogens is 201 g/mol. The van der Waals surface area contributed by atoms with Crippen LogP contribution in [0.3, 0.4) is 0 Å². The van der Waals surface area contributed by atoms with Crippen molar-refractivity contribution in [3.8, 4) is 0 Å². The highest BCUT2D eigenvalue weighted by Crippen LogP contribution is 2.26. The monoisotopic (exact) mass is 208 g/mol. The first-order chi connectivity index (χ1) is 6.32. The lowest BCUT2D eigenvalue weighted by atomic mass is 10.3. The lowest BCUT2D eigenvalue weighted by Gasteiger charge is -2.27. The summed E-state index contributed by atoms with van der Waals surface area (Å²) in [4.78, 5) is 14.2. The first kappa shape index (κ1) is 10.6. The smallest absolute Gasteiger partial charge is 0.429 e. The van der Waals surface area contributed by atoms with Crippen LogP contribution in [0.4, 0.5) is 13.2 Å². The van der Waals surface area contributed by atoms with Gasteiger partial charge in [0.2, 0.25) is 6.17 Å². The van der Waals surface area contributed by atoms with Gasteiger partial charge in [0, 0.05) is 13.2 Å². The van der Waals surface area contributed by atoms with Crippen molar-refractivity contribution in [1.82, 2.24) is 4.90 Å². The van der Waals surface area contributed by atoms with Crippen LogP contribution in [0.1, 0.15) is 0 Å². The third-order valence-electron chi connectivity index (χ3n) is 1.63. The lowest BCUT2D eigenvalue weighted by molar-refractivity contribution is -0.172. The Morgan fingerprint density at radius 2 is 2.21 bits per heavy atom. The van der Waals surface area contributed by atoms with Crippen LogP contribution in [0.15, 0.2) is 17.3 Å². The van der Waals surface area contributed by atoms with Crippen LogP contribution in [0.25, 0.3) is 0 Å². The minimum atomic E-state index is -4.57. The molecule has 78 valence electrons. The van der Waals surface area contributed by atoms with E-state index in [1.54, 1.807) is 0 Å². The molecule has 14 heavy (non-hydrogen) atoms. The maximum Gasteiger partial charge on any atom is 0.429 e. The fourth-order valence-electron chi connectivity index (χ4n) is 0.966. The number of aliphatic imine (C=N–C) groups is 1. The molecule has 7 heteroatoms. The molecule has 0 saturated carbocycles. The van der Waals surface area contributed by atoms with Crippen LogP contribution >= 0.6 is 0 Å². The summed E-state index contributed by atoms with van der Waals surface area (Å²) in [5, 5.41) is 8.44. The molecule has 0 bridgehead atoms. The molecule has 0 aromatic heterocycles. The van der Waals surface area contributed by atoms with Gasteiger partial charge in [0.25, 0.3) is 0 Å². The summed E-state index contributed by atoms with van der Waals surface area (Å²) in [5.74, 6) is -1.47. The number of carboxylic acid groups (broad SMARTS) is 1. The second-order valence-electron chi connectivity index (χ2n) is 2.72. The quantitative estimate of drug-likeness (QED) is 0.695. The van der Waals surface area contributed by atoms with Gasteiger partial charge in [0.05, 0.1) is 0 Å². The third-order valence-corrected chi connectivity index (χ3v) is 1.63. The first-order valence-corrected chi connectivity index (χ1v) is 3.60. The number of carbonyl (C=O) groups is 1. The fraction of sp³-hybridized carbons (Fsp3) is 0.429. The van der Waals surface area contributed by atoms with Gasteiger partial charge in [0.15, 0.2) is 0 Å². The van der Waals surface area contributed by atoms with Gasteiger partial charge in [-0.25, -0.2) is 9.79 Å². The van der Waals surface area contributed by atoms with Crippen LogP contribution < -0.4 is 0 Å². The van der Waals surface area contributed by atoms with Crippen molar-refractivity contribution in [2.75, 3.05) is 7.05 Å². The zero-order chi connectivity index (χ0) is 10.9. The molecule has 1 N–H and O–H groups in total. The van der Waals surface area contributed by atoms with Crippen molar-refractivity contribution in [2.24, 2.45) is 4.99 Å². The van der Waals surface area contributed by atoms with Crippen molar-refractivity contribution >= 4 is 11.7 Å². The van der Waals surface area contributed by atoms with Gasteiger partial charge in [-0.15, -0.1) is 0 Å². The Kier molecular flexibility index (Phi) is 2.50. The Hall–Kier alpha value is -1.53. The second kappa shape index (κ2) is 3.32. The Morgan fingerprint density at radius 3 is 2.64 bits per heavy atom. The van der Waals surface area contributed by atoms with Crippen molar-refractivity contribution in [2.45, 2.75) is 12.3 Å². The molecule has 0 radical (unpaired) electrons. The van der Waals surface area contributed by atoms with Gasteiger partial charge in [-0.05, 0) is 6.08 Å². The molecule has 1 atom stereocenters. The standard InChI is InChI=1S/C7H7F3N2O2/c1-12-3-2-4(5(13)14)11-6(12)7(8,9)10/h2-3,6H,1H3,(H,13,14). The fourth-order valence-corrected chi connectivity index (χ4v) is 0.966. The van der Waals surface area contributed by atoms with Crippen molar-refractivity contribution in [3.05, 3.63) is 12.3 Å². The summed E-state index contributed by atoms with van der Waals surface area (Å²) < 4.78 is 36.8. The highest BCUT2D eigenvalue weighted by atomic mass is 19.4. The summed E-state index contributed by atoms with van der Waals surface area (Å²) >= 11 is 0. The molecule has 0 fully saturated rings. The molecule has 1 unspecified atom stereocenters. The average Bonchev–Trinajstić information content (AvgIpc) is 2.02. The molecular formula is C7H7F3N2O2. The van der Waals surface area contributed by atoms with E-state index in [9.17, 15) is 18.0 Å². The van der Waals surface area contributed by atoms with E-state index in [1.165, 1.54) is 7.05 Å². The summed E-state index contributed by atoms with van der Waals surface area (Å²) in [5.41, 5.74) is -0.592. The van der Waals surface area contributed by atoms with E-state index >= 15 is 0 Å². The van der Waals surface area contributed by atoms with E-state index in [0.717, 1.165) is 17.2 Å². The number of hydrogen-bond acceptors (Lipinski definition) is 3. The van der Waals surface area contributed by atoms with Crippen molar-refractivity contribution < 1.29 is 23.1 Å². The second-order valence-corrected chi connectivity index (χ2v) is 2.72. The van der Waals surface area contributed by atoms with Crippen LogP contribution in [0.2, 0.25) is 0 Å². The molecule has 0 spiro atoms. The Bertz CT molecular complexity index is 309. The Balaban J connectivity index is 2.97. The number of carboxylic acids is 1. The largest absolute Gasteiger partial charge is 0.477 e. The molecule has 0 aromatic rings. The maximum atomic E-state index is 12.3. The number of hydrogen-bond donors (Lipinski definition) is 1. The molecule has 0 aliphatic carbocycles. The Morgan fingerprint density at radius 1 is 1.64 bits per heavy atom. The van der Waals surface area contributed by atoms with Gasteiger partial charge >= 0.3 is 12.1 Å². The molecule has 1 aliphatic heterocycles. The molecule has 0 saturated heterocycles. The van der Waals surface area contributed by atoms with Gasteiger partial charge in [-0.3, -0.25) is 0 Å². The number of nitrogens with zero attached hydrogens (tertiary/aromatic N) is 2. The van der Waals surface area contributed by atoms with Crippen molar-refractivity contribution in [3.63, 3.8) is 0 Å². The van der Waals surface area contributed by atoms with E-state index in [4.69, 9.17) is 5.11 Å². The lowest BCUT2D eigenvalue weighted by Crippen LogP contribution is -2.42. The molecule has 1 heterocycles. The first-order valence-electron chi connectivity index (χ1n) is 3.60. The zero-order valence-electron chi connectivity index (χ0n) is 7.12. The third kappa shape index (κ3) is 2.04. The predicted molar refractivity (Wildman–Crippen MR) is 41.8 cm³/mol. The van der Waals surface area contributed by atoms with E-state index < -0.39 is 24.0 Å². The summed E-state index contributed by atoms with van der Waals surface area (Å²) in [6, 6.07) is 0. The van der Waals surface area contributed by atoms with E-state index in [-0.39, 0.29) is 0 Å². The van der Waals surface area contributed by atoms with E-state index in [1.807, 2.05) is 0 Å². The number of alkyl halides is 3. The van der Waals surface area contributed by atoms with Crippen LogP contribution in [-0.2, 0) is 4.79 Å². The summed E-state index contributed by atoms with van der Waals surface area (Å²) in [6.45, 7) is 0. The number of halogens is 3. The predicted octanol–water partition coefficient (Wildman–Crippen LogP) is 0.859. The summed E-state index contributed by atoms with van der Waals surface area (Å²) in [6.07, 6.45) is -4.63. The minimum Gasteiger partial charge on any atom is -0.477 e. The maximum absolute atomic E-state index is 12.3. The van der Waals surface area contributed by atoms with Crippen LogP contribution in [0.5, 0.6) is 0 Å². The van der Waals surface area contributed by atoms with Gasteiger partial charge in [-0.1, -0.05) is 0 Å². The summed E-state index contributed by atoms with van der Waals surface area (Å²) in [7, 11) is 1.18. The van der Waals surface area contributed by atoms with Crippen molar-refractivity contribution in [1.29, 1.82) is 0 Å². The molecule has 4 nitrogen and oxygen atoms in total. The average molecular weight is 208 g/mol. The normalized spacial score (nSPS) is 22.1. The van der Waals surface area contributed by atoms with Gasteiger partial charge in [-0.2, -0.15) is 13.2 Å². The van der Waals surface area contributed by atoms with E-state index in [0.29, 0.717) is 0 Å². The highest BCUT2D eigenvalue weighted by molar-refractivity contribution is 6.40. The van der Waals surface area contributed by atoms with Crippen LogP contribution in [0, 0.1) is 0 Å². The van der Waals surface area contributed by atoms with Crippen LogP contribution in [-0.4, -0.2) is 41.1 Å². The molecule has 0 amide bonds. The SMILES string of the molecule is CN1C=CC(C(=O)O)=NC1C(F)(F)F. The number of aliphatic carboxylic acids is 1. The van der Waals surface area contributed by atoms with E-state index in [2.05, 4.69) is 4.99 Å². The van der Waals surface area contributed by atoms with Gasteiger partial charge in [0.1, 0.15) is 5.71 Å². The highest BCUT2D eigenvalue weighted by Gasteiger charge is 2.43.